The Hall–Kier alpha value is -0.610. The average Bonchev–Trinajstić information content (AvgIpc) is 2.30. The van der Waals surface area contributed by atoms with Gasteiger partial charge in [-0.3, -0.25) is 4.79 Å². The minimum absolute atomic E-state index is 0.699. The summed E-state index contributed by atoms with van der Waals surface area (Å²) in [5.41, 5.74) is -0.763. The van der Waals surface area contributed by atoms with Crippen LogP contribution in [0.4, 0.5) is 0 Å². The molecule has 1 fully saturated rings. The van der Waals surface area contributed by atoms with Gasteiger partial charge in [-0.2, -0.15) is 0 Å². The first-order valence-corrected chi connectivity index (χ1v) is 7.65. The molecular weight excluding hydrogens is 240 g/mol. The molecule has 1 rings (SSSR count). The fourth-order valence-corrected chi connectivity index (χ4v) is 2.73. The topological polar surface area (TPSA) is 52.6 Å². The third kappa shape index (κ3) is 5.49. The Bertz CT molecular complexity index is 279. The first-order chi connectivity index (χ1) is 8.98. The maximum Gasteiger partial charge on any atom is 0.323 e. The van der Waals surface area contributed by atoms with E-state index in [0.717, 1.165) is 25.3 Å². The Balaban J connectivity index is 2.15. The zero-order valence-electron chi connectivity index (χ0n) is 12.7. The zero-order chi connectivity index (χ0) is 14.3. The molecule has 0 aromatic carbocycles. The molecule has 0 saturated heterocycles. The molecule has 0 radical (unpaired) electrons. The van der Waals surface area contributed by atoms with Crippen LogP contribution >= 0.6 is 0 Å². The molecule has 0 aromatic heterocycles. The van der Waals surface area contributed by atoms with Crippen molar-refractivity contribution in [3.05, 3.63) is 0 Å². The number of aliphatic carboxylic acids is 1. The molecule has 2 N–H and O–H groups in total. The molecule has 112 valence electrons. The van der Waals surface area contributed by atoms with E-state index in [1.807, 2.05) is 6.92 Å². The number of hydrogen-bond donors (Lipinski definition) is 2. The molecule has 1 unspecified atom stereocenters. The highest BCUT2D eigenvalue weighted by Gasteiger charge is 2.31. The smallest absolute Gasteiger partial charge is 0.323 e. The molecule has 0 bridgehead atoms. The number of carboxylic acid groups (broad SMARTS) is 1. The molecule has 0 aliphatic heterocycles. The summed E-state index contributed by atoms with van der Waals surface area (Å²) in [6.07, 6.45) is 6.93. The van der Waals surface area contributed by atoms with Gasteiger partial charge in [0.05, 0.1) is 0 Å². The van der Waals surface area contributed by atoms with Crippen molar-refractivity contribution in [2.24, 2.45) is 5.92 Å². The quantitative estimate of drug-likeness (QED) is 0.598. The summed E-state index contributed by atoms with van der Waals surface area (Å²) in [5.74, 6) is 0.174. The molecule has 1 saturated carbocycles. The lowest BCUT2D eigenvalue weighted by molar-refractivity contribution is -0.144. The third-order valence-electron chi connectivity index (χ3n) is 4.30. The van der Waals surface area contributed by atoms with Crippen molar-refractivity contribution >= 4 is 5.97 Å². The lowest BCUT2D eigenvalue weighted by atomic mass is 9.85. The molecule has 0 aromatic rings. The molecular formula is C15H30N2O2. The monoisotopic (exact) mass is 270 g/mol. The van der Waals surface area contributed by atoms with Crippen LogP contribution in [0, 0.1) is 5.92 Å². The van der Waals surface area contributed by atoms with E-state index in [2.05, 4.69) is 17.3 Å². The normalized spacial score (nSPS) is 19.2. The predicted molar refractivity (Wildman–Crippen MR) is 78.4 cm³/mol. The van der Waals surface area contributed by atoms with E-state index in [1.165, 1.54) is 25.8 Å². The summed E-state index contributed by atoms with van der Waals surface area (Å²) < 4.78 is 0. The van der Waals surface area contributed by atoms with Crippen LogP contribution in [-0.4, -0.2) is 48.2 Å². The number of carbonyl (C=O) groups is 1. The van der Waals surface area contributed by atoms with Gasteiger partial charge in [0.1, 0.15) is 5.54 Å². The van der Waals surface area contributed by atoms with E-state index in [1.54, 1.807) is 6.92 Å². The number of nitrogens with zero attached hydrogens (tertiary/aromatic N) is 1. The van der Waals surface area contributed by atoms with Crippen molar-refractivity contribution in [1.82, 2.24) is 10.2 Å². The number of rotatable bonds is 10. The lowest BCUT2D eigenvalue weighted by Gasteiger charge is -2.30. The summed E-state index contributed by atoms with van der Waals surface area (Å²) >= 11 is 0. The Morgan fingerprint density at radius 3 is 2.58 bits per heavy atom. The van der Waals surface area contributed by atoms with Crippen molar-refractivity contribution in [1.29, 1.82) is 0 Å². The summed E-state index contributed by atoms with van der Waals surface area (Å²) in [6.45, 7) is 6.73. The molecule has 4 heteroatoms. The van der Waals surface area contributed by atoms with Gasteiger partial charge in [-0.05, 0) is 65.1 Å². The molecule has 0 heterocycles. The standard InChI is InChI=1S/C15H30N2O2/c1-4-16-15(2,14(18)19)10-5-6-11-17(3)12-13-8-7-9-13/h13,16H,4-12H2,1-3H3,(H,18,19). The highest BCUT2D eigenvalue weighted by molar-refractivity contribution is 5.78. The lowest BCUT2D eigenvalue weighted by Crippen LogP contribution is -2.49. The highest BCUT2D eigenvalue weighted by Crippen LogP contribution is 2.26. The van der Waals surface area contributed by atoms with Crippen LogP contribution in [0.25, 0.3) is 0 Å². The van der Waals surface area contributed by atoms with Crippen LogP contribution in [0.2, 0.25) is 0 Å². The van der Waals surface area contributed by atoms with Crippen molar-refractivity contribution in [3.8, 4) is 0 Å². The van der Waals surface area contributed by atoms with E-state index < -0.39 is 11.5 Å². The van der Waals surface area contributed by atoms with Gasteiger partial charge >= 0.3 is 5.97 Å². The Morgan fingerprint density at radius 2 is 2.11 bits per heavy atom. The third-order valence-corrected chi connectivity index (χ3v) is 4.30. The molecule has 1 atom stereocenters. The Labute approximate surface area is 117 Å². The molecule has 1 aliphatic rings. The SMILES string of the molecule is CCNC(C)(CCCCN(C)CC1CCC1)C(=O)O. The van der Waals surface area contributed by atoms with E-state index >= 15 is 0 Å². The van der Waals surface area contributed by atoms with E-state index in [9.17, 15) is 9.90 Å². The number of hydrogen-bond acceptors (Lipinski definition) is 3. The Kier molecular flexibility index (Phi) is 6.80. The minimum Gasteiger partial charge on any atom is -0.480 e. The van der Waals surface area contributed by atoms with Crippen LogP contribution in [-0.2, 0) is 4.79 Å². The second-order valence-corrected chi connectivity index (χ2v) is 6.18. The van der Waals surface area contributed by atoms with Crippen LogP contribution in [0.15, 0.2) is 0 Å². The van der Waals surface area contributed by atoms with E-state index in [-0.39, 0.29) is 0 Å². The van der Waals surface area contributed by atoms with Gasteiger partial charge in [0.15, 0.2) is 0 Å². The second-order valence-electron chi connectivity index (χ2n) is 6.18. The predicted octanol–water partition coefficient (Wildman–Crippen LogP) is 2.34. The summed E-state index contributed by atoms with van der Waals surface area (Å²) in [5, 5.41) is 12.3. The van der Waals surface area contributed by atoms with E-state index in [4.69, 9.17) is 0 Å². The average molecular weight is 270 g/mol. The minimum atomic E-state index is -0.763. The number of carboxylic acids is 1. The maximum atomic E-state index is 11.3. The van der Waals surface area contributed by atoms with Gasteiger partial charge < -0.3 is 15.3 Å². The first-order valence-electron chi connectivity index (χ1n) is 7.65. The van der Waals surface area contributed by atoms with Gasteiger partial charge in [0.25, 0.3) is 0 Å². The fraction of sp³-hybridized carbons (Fsp3) is 0.933. The molecule has 1 aliphatic carbocycles. The zero-order valence-corrected chi connectivity index (χ0v) is 12.7. The summed E-state index contributed by atoms with van der Waals surface area (Å²) in [7, 11) is 2.18. The van der Waals surface area contributed by atoms with Crippen molar-refractivity contribution in [2.45, 2.75) is 57.9 Å². The fourth-order valence-electron chi connectivity index (χ4n) is 2.73. The van der Waals surface area contributed by atoms with Gasteiger partial charge in [-0.1, -0.05) is 13.3 Å². The highest BCUT2D eigenvalue weighted by atomic mass is 16.4. The van der Waals surface area contributed by atoms with Crippen molar-refractivity contribution in [3.63, 3.8) is 0 Å². The summed E-state index contributed by atoms with van der Waals surface area (Å²) in [4.78, 5) is 13.7. The van der Waals surface area contributed by atoms with Gasteiger partial charge in [0, 0.05) is 6.54 Å². The van der Waals surface area contributed by atoms with Crippen molar-refractivity contribution in [2.75, 3.05) is 26.7 Å². The Morgan fingerprint density at radius 1 is 1.42 bits per heavy atom. The van der Waals surface area contributed by atoms with Gasteiger partial charge in [0.2, 0.25) is 0 Å². The molecule has 0 spiro atoms. The van der Waals surface area contributed by atoms with Crippen molar-refractivity contribution < 1.29 is 9.90 Å². The number of likely N-dealkylation sites (N-methyl/N-ethyl adjacent to an activating group) is 1. The number of unbranched alkanes of at least 4 members (excludes halogenated alkanes) is 1. The largest absolute Gasteiger partial charge is 0.480 e. The summed E-state index contributed by atoms with van der Waals surface area (Å²) in [6, 6.07) is 0. The van der Waals surface area contributed by atoms with Gasteiger partial charge in [-0.25, -0.2) is 0 Å². The van der Waals surface area contributed by atoms with Crippen LogP contribution < -0.4 is 5.32 Å². The van der Waals surface area contributed by atoms with Crippen LogP contribution in [0.1, 0.15) is 52.4 Å². The second kappa shape index (κ2) is 7.85. The van der Waals surface area contributed by atoms with Gasteiger partial charge in [-0.15, -0.1) is 0 Å². The first kappa shape index (κ1) is 16.4. The molecule has 0 amide bonds. The molecule has 19 heavy (non-hydrogen) atoms. The molecule has 4 nitrogen and oxygen atoms in total. The van der Waals surface area contributed by atoms with E-state index in [0.29, 0.717) is 13.0 Å². The van der Waals surface area contributed by atoms with Crippen LogP contribution in [0.3, 0.4) is 0 Å². The van der Waals surface area contributed by atoms with Crippen LogP contribution in [0.5, 0.6) is 0 Å². The number of nitrogens with one attached hydrogen (secondary N) is 1. The maximum absolute atomic E-state index is 11.3.